The summed E-state index contributed by atoms with van der Waals surface area (Å²) in [6.45, 7) is 3.24. The van der Waals surface area contributed by atoms with Crippen LogP contribution in [0.25, 0.3) is 10.2 Å². The fourth-order valence-corrected chi connectivity index (χ4v) is 7.29. The molecule has 0 N–H and O–H groups in total. The van der Waals surface area contributed by atoms with Gasteiger partial charge in [0.15, 0.2) is 16.3 Å². The van der Waals surface area contributed by atoms with Crippen LogP contribution in [0.2, 0.25) is 0 Å². The number of thiazole rings is 1. The Bertz CT molecular complexity index is 1670. The minimum absolute atomic E-state index is 0.149. The lowest BCUT2D eigenvalue weighted by molar-refractivity contribution is 0.0997. The topological polar surface area (TPSA) is 90.2 Å². The second-order valence-electron chi connectivity index (χ2n) is 8.55. The van der Waals surface area contributed by atoms with Gasteiger partial charge in [-0.3, -0.25) is 9.10 Å². The highest BCUT2D eigenvalue weighted by Crippen LogP contribution is 2.37. The molecular formula is C26H23N3O5S2. The second-order valence-corrected chi connectivity index (χ2v) is 11.4. The fourth-order valence-electron chi connectivity index (χ4n) is 4.65. The maximum atomic E-state index is 13.4. The highest BCUT2D eigenvalue weighted by molar-refractivity contribution is 7.92. The van der Waals surface area contributed by atoms with Crippen molar-refractivity contribution < 1.29 is 22.7 Å². The molecular weight excluding hydrogens is 498 g/mol. The van der Waals surface area contributed by atoms with E-state index in [1.807, 2.05) is 47.9 Å². The maximum absolute atomic E-state index is 13.4. The number of nitrogens with zero attached hydrogens (tertiary/aromatic N) is 3. The summed E-state index contributed by atoms with van der Waals surface area (Å²) in [6.07, 6.45) is 1.62. The van der Waals surface area contributed by atoms with Crippen molar-refractivity contribution in [1.82, 2.24) is 4.57 Å². The molecule has 1 amide bonds. The first-order valence-corrected chi connectivity index (χ1v) is 13.9. The van der Waals surface area contributed by atoms with Crippen LogP contribution in [0.15, 0.2) is 70.6 Å². The van der Waals surface area contributed by atoms with E-state index in [9.17, 15) is 13.2 Å². The van der Waals surface area contributed by atoms with E-state index in [4.69, 9.17) is 9.47 Å². The zero-order valence-electron chi connectivity index (χ0n) is 19.5. The molecule has 0 fully saturated rings. The molecule has 0 unspecified atom stereocenters. The van der Waals surface area contributed by atoms with Gasteiger partial charge >= 0.3 is 0 Å². The van der Waals surface area contributed by atoms with Crippen molar-refractivity contribution in [3.05, 3.63) is 76.6 Å². The van der Waals surface area contributed by atoms with E-state index >= 15 is 0 Å². The number of carbonyl (C=O) groups excluding carboxylic acids is 1. The van der Waals surface area contributed by atoms with E-state index in [1.54, 1.807) is 0 Å². The van der Waals surface area contributed by atoms with E-state index < -0.39 is 15.9 Å². The Hall–Kier alpha value is -3.63. The number of aryl methyl sites for hydroxylation is 2. The van der Waals surface area contributed by atoms with Gasteiger partial charge in [0.1, 0.15) is 0 Å². The monoisotopic (exact) mass is 521 g/mol. The van der Waals surface area contributed by atoms with Gasteiger partial charge in [0.2, 0.25) is 6.79 Å². The van der Waals surface area contributed by atoms with Crippen LogP contribution in [-0.4, -0.2) is 32.2 Å². The van der Waals surface area contributed by atoms with Crippen LogP contribution in [0, 0.1) is 0 Å². The minimum Gasteiger partial charge on any atom is -0.454 e. The largest absolute Gasteiger partial charge is 0.454 e. The van der Waals surface area contributed by atoms with E-state index in [0.29, 0.717) is 35.0 Å². The number of anilines is 1. The second kappa shape index (κ2) is 8.79. The molecule has 0 atom stereocenters. The third-order valence-corrected chi connectivity index (χ3v) is 9.32. The normalized spacial score (nSPS) is 15.4. The van der Waals surface area contributed by atoms with E-state index in [0.717, 1.165) is 34.3 Å². The summed E-state index contributed by atoms with van der Waals surface area (Å²) < 4.78 is 42.1. The van der Waals surface area contributed by atoms with Crippen LogP contribution in [-0.2, 0) is 23.0 Å². The lowest BCUT2D eigenvalue weighted by atomic mass is 10.0. The first-order chi connectivity index (χ1) is 17.5. The summed E-state index contributed by atoms with van der Waals surface area (Å²) in [5.41, 5.74) is 2.98. The van der Waals surface area contributed by atoms with Gasteiger partial charge in [0, 0.05) is 30.8 Å². The molecule has 1 aromatic heterocycles. The molecule has 0 radical (unpaired) electrons. The number of hydrogen-bond acceptors (Lipinski definition) is 6. The first-order valence-electron chi connectivity index (χ1n) is 11.7. The van der Waals surface area contributed by atoms with Crippen molar-refractivity contribution in [3.8, 4) is 11.5 Å². The van der Waals surface area contributed by atoms with Gasteiger partial charge in [-0.15, -0.1) is 0 Å². The zero-order valence-corrected chi connectivity index (χ0v) is 21.1. The minimum atomic E-state index is -3.74. The number of fused-ring (bicyclic) bond motifs is 3. The highest BCUT2D eigenvalue weighted by atomic mass is 32.2. The van der Waals surface area contributed by atoms with Gasteiger partial charge in [-0.05, 0) is 55.7 Å². The molecule has 2 aliphatic rings. The Morgan fingerprint density at radius 2 is 1.81 bits per heavy atom. The summed E-state index contributed by atoms with van der Waals surface area (Å²) in [5, 5.41) is 0. The fraction of sp³-hybridized carbons (Fsp3) is 0.231. The van der Waals surface area contributed by atoms with Gasteiger partial charge in [-0.1, -0.05) is 29.5 Å². The van der Waals surface area contributed by atoms with Crippen molar-refractivity contribution in [1.29, 1.82) is 0 Å². The first kappa shape index (κ1) is 22.8. The van der Waals surface area contributed by atoms with Gasteiger partial charge in [0.25, 0.3) is 15.9 Å². The number of sulfonamides is 1. The smallest absolute Gasteiger partial charge is 0.279 e. The van der Waals surface area contributed by atoms with E-state index in [1.165, 1.54) is 39.9 Å². The van der Waals surface area contributed by atoms with E-state index in [-0.39, 0.29) is 11.7 Å². The number of carbonyl (C=O) groups is 1. The van der Waals surface area contributed by atoms with Crippen LogP contribution >= 0.6 is 11.3 Å². The van der Waals surface area contributed by atoms with E-state index in [2.05, 4.69) is 4.99 Å². The Morgan fingerprint density at radius 1 is 1.06 bits per heavy atom. The van der Waals surface area contributed by atoms with Crippen molar-refractivity contribution >= 4 is 43.2 Å². The standard InChI is InChI=1S/C26H23N3O5S2/c1-2-28-21-14-22-23(34-16-33-22)15-24(21)35-26(28)27-25(30)18-9-11-19(12-10-18)36(31,32)29-13-5-7-17-6-3-4-8-20(17)29/h3-4,6,8-12,14-15H,2,5,7,13,16H2,1H3. The van der Waals surface area contributed by atoms with Crippen LogP contribution in [0.3, 0.4) is 0 Å². The number of hydrogen-bond donors (Lipinski definition) is 0. The Kier molecular flexibility index (Phi) is 5.57. The number of rotatable bonds is 4. The highest BCUT2D eigenvalue weighted by Gasteiger charge is 2.29. The summed E-state index contributed by atoms with van der Waals surface area (Å²) in [6, 6.07) is 17.4. The quantitative estimate of drug-likeness (QED) is 0.399. The predicted octanol–water partition coefficient (Wildman–Crippen LogP) is 4.33. The number of para-hydroxylation sites is 1. The molecule has 6 rings (SSSR count). The lowest BCUT2D eigenvalue weighted by Gasteiger charge is -2.30. The SMILES string of the molecule is CCn1c(=NC(=O)c2ccc(S(=O)(=O)N3CCCc4ccccc43)cc2)sc2cc3c(cc21)OCO3. The van der Waals surface area contributed by atoms with Crippen molar-refractivity contribution in [2.45, 2.75) is 31.2 Å². The molecule has 3 aromatic carbocycles. The number of amides is 1. The number of benzene rings is 3. The molecule has 0 bridgehead atoms. The molecule has 184 valence electrons. The van der Waals surface area contributed by atoms with Crippen LogP contribution in [0.4, 0.5) is 5.69 Å². The average molecular weight is 522 g/mol. The summed E-state index contributed by atoms with van der Waals surface area (Å²) in [4.78, 5) is 18.1. The van der Waals surface area contributed by atoms with Gasteiger partial charge in [-0.25, -0.2) is 8.42 Å². The molecule has 10 heteroatoms. The van der Waals surface area contributed by atoms with Gasteiger partial charge < -0.3 is 14.0 Å². The number of ether oxygens (including phenoxy) is 2. The van der Waals surface area contributed by atoms with Crippen LogP contribution in [0.1, 0.15) is 29.3 Å². The molecule has 2 aliphatic heterocycles. The van der Waals surface area contributed by atoms with Crippen LogP contribution < -0.4 is 18.6 Å². The molecule has 36 heavy (non-hydrogen) atoms. The van der Waals surface area contributed by atoms with Gasteiger partial charge in [0.05, 0.1) is 20.8 Å². The lowest BCUT2D eigenvalue weighted by Crippen LogP contribution is -2.35. The third-order valence-electron chi connectivity index (χ3n) is 6.45. The molecule has 0 saturated heterocycles. The average Bonchev–Trinajstić information content (AvgIpc) is 3.49. The molecule has 0 saturated carbocycles. The summed E-state index contributed by atoms with van der Waals surface area (Å²) in [7, 11) is -3.74. The van der Waals surface area contributed by atoms with Crippen molar-refractivity contribution in [2.75, 3.05) is 17.6 Å². The summed E-state index contributed by atoms with van der Waals surface area (Å²) >= 11 is 1.39. The predicted molar refractivity (Wildman–Crippen MR) is 137 cm³/mol. The van der Waals surface area contributed by atoms with Crippen molar-refractivity contribution in [3.63, 3.8) is 0 Å². The molecule has 0 spiro atoms. The van der Waals surface area contributed by atoms with Crippen molar-refractivity contribution in [2.24, 2.45) is 4.99 Å². The Balaban J connectivity index is 1.31. The maximum Gasteiger partial charge on any atom is 0.279 e. The molecule has 3 heterocycles. The zero-order chi connectivity index (χ0) is 24.9. The third kappa shape index (κ3) is 3.77. The Labute approximate surface area is 212 Å². The van der Waals surface area contributed by atoms with Gasteiger partial charge in [-0.2, -0.15) is 4.99 Å². The summed E-state index contributed by atoms with van der Waals surface area (Å²) in [5.74, 6) is 0.919. The molecule has 0 aliphatic carbocycles. The number of aromatic nitrogens is 1. The molecule has 8 nitrogen and oxygen atoms in total. The molecule has 4 aromatic rings. The van der Waals surface area contributed by atoms with Crippen LogP contribution in [0.5, 0.6) is 11.5 Å². The Morgan fingerprint density at radius 3 is 2.58 bits per heavy atom.